The summed E-state index contributed by atoms with van der Waals surface area (Å²) in [6, 6.07) is 0. The summed E-state index contributed by atoms with van der Waals surface area (Å²) in [6.07, 6.45) is 25.1. The summed E-state index contributed by atoms with van der Waals surface area (Å²) in [5.41, 5.74) is 5.66. The van der Waals surface area contributed by atoms with Crippen LogP contribution in [0.4, 0.5) is 0 Å². The molecule has 182 valence electrons. The summed E-state index contributed by atoms with van der Waals surface area (Å²) in [5, 5.41) is 0. The molecule has 0 amide bonds. The van der Waals surface area contributed by atoms with Gasteiger partial charge in [-0.1, -0.05) is 121 Å². The van der Waals surface area contributed by atoms with Crippen LogP contribution in [0.15, 0.2) is 0 Å². The number of nitrogens with two attached hydrogens (primary N) is 1. The average Bonchev–Trinajstić information content (AvgIpc) is 2.76. The van der Waals surface area contributed by atoms with E-state index in [0.717, 1.165) is 19.3 Å². The van der Waals surface area contributed by atoms with Gasteiger partial charge in [0.2, 0.25) is 0 Å². The first kappa shape index (κ1) is 30.3. The van der Waals surface area contributed by atoms with Crippen LogP contribution < -0.4 is 5.73 Å². The van der Waals surface area contributed by atoms with Crippen LogP contribution in [-0.2, 0) is 13.3 Å². The summed E-state index contributed by atoms with van der Waals surface area (Å²) in [6.45, 7) is 2.96. The van der Waals surface area contributed by atoms with Crippen LogP contribution >= 0.6 is 11.1 Å². The Morgan fingerprint density at radius 1 is 0.633 bits per heavy atom. The van der Waals surface area contributed by atoms with Crippen molar-refractivity contribution < 1.29 is 13.3 Å². The van der Waals surface area contributed by atoms with Gasteiger partial charge in [0.25, 0.3) is 0 Å². The Labute approximate surface area is 194 Å². The molecule has 1 unspecified atom stereocenters. The molecule has 0 aromatic carbocycles. The third-order valence-corrected chi connectivity index (χ3v) is 8.69. The Kier molecular flexibility index (Phi) is 22.8. The first-order chi connectivity index (χ1) is 14.6. The minimum absolute atomic E-state index is 0.0873. The fourth-order valence-electron chi connectivity index (χ4n) is 3.91. The van der Waals surface area contributed by atoms with Crippen molar-refractivity contribution in [2.24, 2.45) is 5.73 Å². The van der Waals surface area contributed by atoms with Gasteiger partial charge in [-0.05, 0) is 25.8 Å². The van der Waals surface area contributed by atoms with E-state index in [0.29, 0.717) is 6.54 Å². The molecule has 0 aliphatic carbocycles. The van der Waals surface area contributed by atoms with Gasteiger partial charge in [0.15, 0.2) is 0 Å². The van der Waals surface area contributed by atoms with Crippen molar-refractivity contribution >= 4 is 19.2 Å². The lowest BCUT2D eigenvalue weighted by Gasteiger charge is -2.26. The molecule has 0 aliphatic heterocycles. The van der Waals surface area contributed by atoms with Crippen LogP contribution in [-0.4, -0.2) is 35.0 Å². The molecule has 4 nitrogen and oxygen atoms in total. The zero-order chi connectivity index (χ0) is 22.3. The highest BCUT2D eigenvalue weighted by Gasteiger charge is 2.39. The second-order valence-electron chi connectivity index (χ2n) is 8.65. The SMILES string of the molecule is CCCCCCCCCCCCCCCCCCC(CCCN)O[Si](Cl)(OC)OC. The molecule has 0 saturated carbocycles. The highest BCUT2D eigenvalue weighted by Crippen LogP contribution is 2.22. The standard InChI is InChI=1S/C24H52ClNO3Si/c1-4-5-6-7-8-9-10-11-12-13-14-15-16-17-18-19-21-24(22-20-23-26)29-30(25,27-2)28-3/h24H,4-23,26H2,1-3H3. The summed E-state index contributed by atoms with van der Waals surface area (Å²) in [7, 11) is 0.116. The van der Waals surface area contributed by atoms with Crippen molar-refractivity contribution in [3.8, 4) is 0 Å². The van der Waals surface area contributed by atoms with Crippen LogP contribution in [0.25, 0.3) is 0 Å². The maximum absolute atomic E-state index is 6.30. The molecule has 0 rings (SSSR count). The third kappa shape index (κ3) is 19.1. The van der Waals surface area contributed by atoms with Gasteiger partial charge < -0.3 is 19.0 Å². The Hall–Kier alpha value is 0.347. The minimum atomic E-state index is -2.99. The van der Waals surface area contributed by atoms with Crippen LogP contribution in [0.3, 0.4) is 0 Å². The highest BCUT2D eigenvalue weighted by molar-refractivity contribution is 7.09. The van der Waals surface area contributed by atoms with Crippen LogP contribution in [0.5, 0.6) is 0 Å². The van der Waals surface area contributed by atoms with Gasteiger partial charge in [-0.3, -0.25) is 0 Å². The number of hydrogen-bond donors (Lipinski definition) is 1. The van der Waals surface area contributed by atoms with Gasteiger partial charge in [-0.15, -0.1) is 0 Å². The third-order valence-electron chi connectivity index (χ3n) is 5.90. The number of hydrogen-bond acceptors (Lipinski definition) is 4. The predicted octanol–water partition coefficient (Wildman–Crippen LogP) is 7.73. The molecular formula is C24H52ClNO3Si. The van der Waals surface area contributed by atoms with Crippen molar-refractivity contribution in [2.75, 3.05) is 20.8 Å². The molecule has 30 heavy (non-hydrogen) atoms. The normalized spacial score (nSPS) is 13.1. The minimum Gasteiger partial charge on any atom is -0.365 e. The molecule has 0 saturated heterocycles. The lowest BCUT2D eigenvalue weighted by atomic mass is 10.0. The zero-order valence-corrected chi connectivity index (χ0v) is 22.2. The predicted molar refractivity (Wildman–Crippen MR) is 133 cm³/mol. The number of halogens is 1. The van der Waals surface area contributed by atoms with Gasteiger partial charge in [0, 0.05) is 14.2 Å². The number of unbranched alkanes of at least 4 members (excludes halogenated alkanes) is 15. The topological polar surface area (TPSA) is 53.7 Å². The Morgan fingerprint density at radius 3 is 1.37 bits per heavy atom. The molecule has 0 aromatic rings. The Bertz CT molecular complexity index is 346. The summed E-state index contributed by atoms with van der Waals surface area (Å²) in [5.74, 6) is 0. The van der Waals surface area contributed by atoms with E-state index < -0.39 is 8.11 Å². The Morgan fingerprint density at radius 2 is 1.00 bits per heavy atom. The van der Waals surface area contributed by atoms with E-state index in [1.165, 1.54) is 103 Å². The van der Waals surface area contributed by atoms with Crippen LogP contribution in [0, 0.1) is 0 Å². The van der Waals surface area contributed by atoms with Gasteiger partial charge in [-0.2, -0.15) is 0 Å². The first-order valence-electron chi connectivity index (χ1n) is 12.8. The maximum atomic E-state index is 6.30. The quantitative estimate of drug-likeness (QED) is 0.0899. The molecule has 1 atom stereocenters. The maximum Gasteiger partial charge on any atom is 0.612 e. The van der Waals surface area contributed by atoms with E-state index in [2.05, 4.69) is 6.92 Å². The van der Waals surface area contributed by atoms with E-state index >= 15 is 0 Å². The monoisotopic (exact) mass is 465 g/mol. The number of rotatable bonds is 24. The first-order valence-corrected chi connectivity index (χ1v) is 15.5. The van der Waals surface area contributed by atoms with Crippen LogP contribution in [0.1, 0.15) is 129 Å². The molecular weight excluding hydrogens is 414 g/mol. The second-order valence-corrected chi connectivity index (χ2v) is 12.1. The van der Waals surface area contributed by atoms with Crippen molar-refractivity contribution in [2.45, 2.75) is 135 Å². The van der Waals surface area contributed by atoms with Gasteiger partial charge in [0.05, 0.1) is 6.10 Å². The molecule has 0 aliphatic rings. The van der Waals surface area contributed by atoms with E-state index in [1.54, 1.807) is 14.2 Å². The molecule has 6 heteroatoms. The van der Waals surface area contributed by atoms with Gasteiger partial charge in [-0.25, -0.2) is 0 Å². The molecule has 0 radical (unpaired) electrons. The zero-order valence-electron chi connectivity index (χ0n) is 20.4. The molecule has 2 N–H and O–H groups in total. The Balaban J connectivity index is 3.54. The van der Waals surface area contributed by atoms with Crippen molar-refractivity contribution in [1.82, 2.24) is 0 Å². The summed E-state index contributed by atoms with van der Waals surface area (Å²) in [4.78, 5) is 0. The van der Waals surface area contributed by atoms with Crippen molar-refractivity contribution in [3.05, 3.63) is 0 Å². The van der Waals surface area contributed by atoms with Crippen LogP contribution in [0.2, 0.25) is 0 Å². The lowest BCUT2D eigenvalue weighted by molar-refractivity contribution is 0.0641. The van der Waals surface area contributed by atoms with Gasteiger partial charge >= 0.3 is 8.11 Å². The molecule has 0 aromatic heterocycles. The molecule has 0 spiro atoms. The summed E-state index contributed by atoms with van der Waals surface area (Å²) < 4.78 is 16.5. The van der Waals surface area contributed by atoms with E-state index in [9.17, 15) is 0 Å². The van der Waals surface area contributed by atoms with E-state index in [1.807, 2.05) is 0 Å². The smallest absolute Gasteiger partial charge is 0.365 e. The molecule has 0 fully saturated rings. The van der Waals surface area contributed by atoms with E-state index in [-0.39, 0.29) is 6.10 Å². The molecule has 0 heterocycles. The molecule has 0 bridgehead atoms. The fourth-order valence-corrected chi connectivity index (χ4v) is 5.28. The van der Waals surface area contributed by atoms with Crippen molar-refractivity contribution in [1.29, 1.82) is 0 Å². The van der Waals surface area contributed by atoms with E-state index in [4.69, 9.17) is 30.1 Å². The fraction of sp³-hybridized carbons (Fsp3) is 1.00. The van der Waals surface area contributed by atoms with Crippen molar-refractivity contribution in [3.63, 3.8) is 0 Å². The lowest BCUT2D eigenvalue weighted by Crippen LogP contribution is -2.41. The average molecular weight is 466 g/mol. The second kappa shape index (κ2) is 22.5. The largest absolute Gasteiger partial charge is 0.612 e. The van der Waals surface area contributed by atoms with Gasteiger partial charge in [0.1, 0.15) is 0 Å². The summed E-state index contributed by atoms with van der Waals surface area (Å²) >= 11 is 6.30. The highest BCUT2D eigenvalue weighted by atomic mass is 35.6.